The second-order valence-corrected chi connectivity index (χ2v) is 8.79. The third-order valence-electron chi connectivity index (χ3n) is 4.48. The number of aliphatic imine (C=N–C) groups is 1. The molecule has 31 heavy (non-hydrogen) atoms. The third-order valence-corrected chi connectivity index (χ3v) is 5.98. The van der Waals surface area contributed by atoms with Crippen LogP contribution in [0.3, 0.4) is 0 Å². The fourth-order valence-electron chi connectivity index (χ4n) is 2.86. The number of amides is 1. The number of amidine groups is 1. The number of halogens is 2. The van der Waals surface area contributed by atoms with Gasteiger partial charge in [0, 0.05) is 15.6 Å². The van der Waals surface area contributed by atoms with Gasteiger partial charge in [-0.05, 0) is 66.7 Å². The Kier molecular flexibility index (Phi) is 6.66. The van der Waals surface area contributed by atoms with E-state index in [1.807, 2.05) is 67.6 Å². The Balaban J connectivity index is 1.46. The highest BCUT2D eigenvalue weighted by Crippen LogP contribution is 2.29. The van der Waals surface area contributed by atoms with E-state index in [-0.39, 0.29) is 5.91 Å². The highest BCUT2D eigenvalue weighted by molar-refractivity contribution is 8.18. The van der Waals surface area contributed by atoms with Crippen molar-refractivity contribution in [2.24, 2.45) is 4.99 Å². The summed E-state index contributed by atoms with van der Waals surface area (Å²) in [6.07, 6.45) is 1.82. The highest BCUT2D eigenvalue weighted by Gasteiger charge is 2.23. The van der Waals surface area contributed by atoms with E-state index in [0.717, 1.165) is 22.4 Å². The number of ether oxygens (including phenoxy) is 1. The van der Waals surface area contributed by atoms with Crippen molar-refractivity contribution in [3.63, 3.8) is 0 Å². The van der Waals surface area contributed by atoms with Gasteiger partial charge in [-0.3, -0.25) is 4.79 Å². The molecule has 0 aromatic heterocycles. The van der Waals surface area contributed by atoms with Crippen LogP contribution in [0.15, 0.2) is 76.6 Å². The molecule has 0 bridgehead atoms. The van der Waals surface area contributed by atoms with Crippen LogP contribution in [0, 0.1) is 6.92 Å². The minimum atomic E-state index is -0.171. The number of carbonyl (C=O) groups excluding carboxylic acids is 1. The van der Waals surface area contributed by atoms with Crippen molar-refractivity contribution in [2.45, 2.75) is 13.5 Å². The van der Waals surface area contributed by atoms with E-state index >= 15 is 0 Å². The minimum Gasteiger partial charge on any atom is -0.489 e. The molecule has 0 radical (unpaired) electrons. The van der Waals surface area contributed by atoms with Gasteiger partial charge in [-0.25, -0.2) is 4.99 Å². The summed E-state index contributed by atoms with van der Waals surface area (Å²) in [5.41, 5.74) is 3.66. The molecule has 1 heterocycles. The molecule has 1 fully saturated rings. The first-order valence-electron chi connectivity index (χ1n) is 9.49. The summed E-state index contributed by atoms with van der Waals surface area (Å²) >= 11 is 13.4. The van der Waals surface area contributed by atoms with Crippen molar-refractivity contribution in [1.29, 1.82) is 0 Å². The number of carbonyl (C=O) groups is 1. The van der Waals surface area contributed by atoms with E-state index in [1.54, 1.807) is 12.1 Å². The topological polar surface area (TPSA) is 50.7 Å². The van der Waals surface area contributed by atoms with E-state index in [0.29, 0.717) is 32.5 Å². The van der Waals surface area contributed by atoms with Crippen molar-refractivity contribution in [1.82, 2.24) is 5.32 Å². The molecule has 1 saturated heterocycles. The molecule has 3 aromatic carbocycles. The van der Waals surface area contributed by atoms with Crippen molar-refractivity contribution in [3.05, 3.63) is 98.4 Å². The first kappa shape index (κ1) is 21.5. The largest absolute Gasteiger partial charge is 0.489 e. The minimum absolute atomic E-state index is 0.171. The van der Waals surface area contributed by atoms with Gasteiger partial charge < -0.3 is 10.1 Å². The second kappa shape index (κ2) is 9.60. The van der Waals surface area contributed by atoms with Crippen LogP contribution in [0.2, 0.25) is 10.0 Å². The van der Waals surface area contributed by atoms with E-state index in [4.69, 9.17) is 27.9 Å². The standard InChI is InChI=1S/C24H18Cl2N2O2S/c1-15-5-9-19(10-6-15)27-24-28-23(29)22(31-24)12-16-3-2-4-20(11-16)30-14-17-7-8-18(25)13-21(17)26/h2-13H,14H2,1H3,(H,27,28,29)/b22-12-. The Morgan fingerprint density at radius 3 is 2.65 bits per heavy atom. The Hall–Kier alpha value is -2.73. The lowest BCUT2D eigenvalue weighted by Gasteiger charge is -2.09. The molecule has 1 N–H and O–H groups in total. The molecule has 7 heteroatoms. The van der Waals surface area contributed by atoms with Crippen LogP contribution in [-0.4, -0.2) is 11.1 Å². The molecule has 1 amide bonds. The van der Waals surface area contributed by atoms with Crippen LogP contribution in [-0.2, 0) is 11.4 Å². The molecule has 0 spiro atoms. The molecule has 1 aliphatic heterocycles. The number of nitrogens with zero attached hydrogens (tertiary/aromatic N) is 1. The van der Waals surface area contributed by atoms with Crippen LogP contribution in [0.5, 0.6) is 5.75 Å². The van der Waals surface area contributed by atoms with E-state index in [1.165, 1.54) is 11.8 Å². The predicted octanol–water partition coefficient (Wildman–Crippen LogP) is 6.77. The summed E-state index contributed by atoms with van der Waals surface area (Å²) < 4.78 is 5.87. The quantitative estimate of drug-likeness (QED) is 0.420. The molecule has 4 rings (SSSR count). The Morgan fingerprint density at radius 2 is 1.87 bits per heavy atom. The van der Waals surface area contributed by atoms with E-state index < -0.39 is 0 Å². The van der Waals surface area contributed by atoms with Crippen molar-refractivity contribution >= 4 is 57.8 Å². The van der Waals surface area contributed by atoms with Gasteiger partial charge in [0.15, 0.2) is 5.17 Å². The molecule has 0 atom stereocenters. The van der Waals surface area contributed by atoms with Gasteiger partial charge in [0.2, 0.25) is 0 Å². The van der Waals surface area contributed by atoms with Crippen LogP contribution in [0.1, 0.15) is 16.7 Å². The van der Waals surface area contributed by atoms with Gasteiger partial charge in [0.05, 0.1) is 10.6 Å². The van der Waals surface area contributed by atoms with Crippen molar-refractivity contribution in [2.75, 3.05) is 0 Å². The van der Waals surface area contributed by atoms with Crippen LogP contribution < -0.4 is 10.1 Å². The molecular formula is C24H18Cl2N2O2S. The third kappa shape index (κ3) is 5.70. The smallest absolute Gasteiger partial charge is 0.264 e. The Bertz CT molecular complexity index is 1190. The zero-order valence-corrected chi connectivity index (χ0v) is 18.9. The first-order valence-corrected chi connectivity index (χ1v) is 11.1. The van der Waals surface area contributed by atoms with Crippen LogP contribution in [0.4, 0.5) is 5.69 Å². The molecule has 4 nitrogen and oxygen atoms in total. The number of rotatable bonds is 5. The number of benzene rings is 3. The fourth-order valence-corrected chi connectivity index (χ4v) is 4.17. The molecule has 0 unspecified atom stereocenters. The lowest BCUT2D eigenvalue weighted by Crippen LogP contribution is -2.19. The van der Waals surface area contributed by atoms with Gasteiger partial charge in [-0.15, -0.1) is 0 Å². The summed E-state index contributed by atoms with van der Waals surface area (Å²) in [6.45, 7) is 2.34. The average molecular weight is 469 g/mol. The monoisotopic (exact) mass is 468 g/mol. The van der Waals surface area contributed by atoms with Crippen LogP contribution >= 0.6 is 35.0 Å². The van der Waals surface area contributed by atoms with Gasteiger partial charge in [-0.1, -0.05) is 59.1 Å². The first-order chi connectivity index (χ1) is 15.0. The maximum atomic E-state index is 12.4. The van der Waals surface area contributed by atoms with Gasteiger partial charge >= 0.3 is 0 Å². The van der Waals surface area contributed by atoms with E-state index in [9.17, 15) is 4.79 Å². The van der Waals surface area contributed by atoms with Crippen LogP contribution in [0.25, 0.3) is 6.08 Å². The van der Waals surface area contributed by atoms with Gasteiger partial charge in [0.25, 0.3) is 5.91 Å². The zero-order valence-electron chi connectivity index (χ0n) is 16.6. The summed E-state index contributed by atoms with van der Waals surface area (Å²) in [5.74, 6) is 0.507. The fraction of sp³-hybridized carbons (Fsp3) is 0.0833. The maximum Gasteiger partial charge on any atom is 0.264 e. The molecule has 0 aliphatic carbocycles. The molecular weight excluding hydrogens is 451 g/mol. The Morgan fingerprint density at radius 1 is 1.06 bits per heavy atom. The number of thioether (sulfide) groups is 1. The van der Waals surface area contributed by atoms with Gasteiger partial charge in [0.1, 0.15) is 12.4 Å². The lowest BCUT2D eigenvalue weighted by molar-refractivity contribution is -0.115. The normalized spacial score (nSPS) is 16.0. The number of aryl methyl sites for hydroxylation is 1. The van der Waals surface area contributed by atoms with Crippen molar-refractivity contribution in [3.8, 4) is 5.75 Å². The zero-order chi connectivity index (χ0) is 21.8. The maximum absolute atomic E-state index is 12.4. The van der Waals surface area contributed by atoms with Gasteiger partial charge in [-0.2, -0.15) is 0 Å². The predicted molar refractivity (Wildman–Crippen MR) is 129 cm³/mol. The number of hydrogen-bond donors (Lipinski definition) is 1. The average Bonchev–Trinajstić information content (AvgIpc) is 3.08. The Labute approximate surface area is 194 Å². The molecule has 3 aromatic rings. The molecule has 0 saturated carbocycles. The molecule has 1 aliphatic rings. The summed E-state index contributed by atoms with van der Waals surface area (Å²) in [7, 11) is 0. The summed E-state index contributed by atoms with van der Waals surface area (Å²) in [6, 6.07) is 20.6. The van der Waals surface area contributed by atoms with Crippen molar-refractivity contribution < 1.29 is 9.53 Å². The summed E-state index contributed by atoms with van der Waals surface area (Å²) in [4.78, 5) is 17.4. The second-order valence-electron chi connectivity index (χ2n) is 6.91. The highest BCUT2D eigenvalue weighted by atomic mass is 35.5. The number of hydrogen-bond acceptors (Lipinski definition) is 4. The number of nitrogens with one attached hydrogen (secondary N) is 1. The summed E-state index contributed by atoms with van der Waals surface area (Å²) in [5, 5.41) is 4.51. The van der Waals surface area contributed by atoms with E-state index in [2.05, 4.69) is 10.3 Å². The lowest BCUT2D eigenvalue weighted by atomic mass is 10.2. The SMILES string of the molecule is Cc1ccc(N=C2NC(=O)/C(=C/c3cccc(OCc4ccc(Cl)cc4Cl)c3)S2)cc1. The molecule has 156 valence electrons.